The van der Waals surface area contributed by atoms with Gasteiger partial charge in [0.1, 0.15) is 6.04 Å². The van der Waals surface area contributed by atoms with Crippen molar-refractivity contribution in [2.45, 2.75) is 26.3 Å². The minimum Gasteiger partial charge on any atom is -0.368 e. The molecule has 11 heavy (non-hydrogen) atoms. The first-order valence-corrected chi connectivity index (χ1v) is 3.44. The maximum absolute atomic E-state index is 10.6. The van der Waals surface area contributed by atoms with Crippen molar-refractivity contribution in [3.63, 3.8) is 0 Å². The van der Waals surface area contributed by atoms with Crippen LogP contribution in [0.15, 0.2) is 4.99 Å². The second kappa shape index (κ2) is 4.63. The maximum Gasteiger partial charge on any atom is 0.243 e. The fraction of sp³-hybridized carbons (Fsp3) is 0.714. The summed E-state index contributed by atoms with van der Waals surface area (Å²) in [5.74, 6) is -0.272. The Kier molecular flexibility index (Phi) is 4.15. The van der Waals surface area contributed by atoms with Gasteiger partial charge in [0.05, 0.1) is 0 Å². The molecular weight excluding hydrogens is 144 g/mol. The lowest BCUT2D eigenvalue weighted by Crippen LogP contribution is -2.28. The summed E-state index contributed by atoms with van der Waals surface area (Å²) >= 11 is 0. The first-order chi connectivity index (χ1) is 5.07. The number of aliphatic imine (C=N–C) groups is 1. The number of carbonyl (C=O) groups excluding carboxylic acids is 2. The molecule has 62 valence electrons. The lowest BCUT2D eigenvalue weighted by Gasteiger charge is -2.07. The topological polar surface area (TPSA) is 72.5 Å². The van der Waals surface area contributed by atoms with Crippen molar-refractivity contribution in [2.75, 3.05) is 0 Å². The number of nitrogens with zero attached hydrogens (tertiary/aromatic N) is 1. The highest BCUT2D eigenvalue weighted by molar-refractivity contribution is 5.80. The Morgan fingerprint density at radius 2 is 2.18 bits per heavy atom. The average molecular weight is 156 g/mol. The first kappa shape index (κ1) is 9.85. The quantitative estimate of drug-likeness (QED) is 0.467. The molecule has 0 spiro atoms. The average Bonchev–Trinajstić information content (AvgIpc) is 1.86. The molecule has 0 aromatic rings. The summed E-state index contributed by atoms with van der Waals surface area (Å²) in [5, 5.41) is 0. The van der Waals surface area contributed by atoms with Crippen molar-refractivity contribution in [3.8, 4) is 0 Å². The van der Waals surface area contributed by atoms with Crippen LogP contribution in [0.2, 0.25) is 0 Å². The summed E-state index contributed by atoms with van der Waals surface area (Å²) in [6.45, 7) is 3.85. The lowest BCUT2D eigenvalue weighted by molar-refractivity contribution is -0.119. The molecule has 2 N–H and O–H groups in total. The third-order valence-electron chi connectivity index (χ3n) is 1.23. The van der Waals surface area contributed by atoms with Gasteiger partial charge in [-0.3, -0.25) is 4.79 Å². The van der Waals surface area contributed by atoms with Crippen LogP contribution in [0.3, 0.4) is 0 Å². The minimum atomic E-state index is -0.701. The number of nitrogens with two attached hydrogens (primary N) is 1. The molecule has 0 aliphatic carbocycles. The van der Waals surface area contributed by atoms with Crippen LogP contribution >= 0.6 is 0 Å². The predicted octanol–water partition coefficient (Wildman–Crippen LogP) is 0.222. The third-order valence-corrected chi connectivity index (χ3v) is 1.23. The standard InChI is InChI=1S/C7H12N2O2/c1-5(2)3-6(7(8)11)9-4-10/h5-6H,3H2,1-2H3,(H2,8,11)/t6-/m0/s1. The molecular formula is C7H12N2O2. The molecule has 0 fully saturated rings. The van der Waals surface area contributed by atoms with Crippen molar-refractivity contribution in [3.05, 3.63) is 0 Å². The van der Waals surface area contributed by atoms with Crippen LogP contribution in [-0.4, -0.2) is 18.0 Å². The van der Waals surface area contributed by atoms with Crippen LogP contribution in [0, 0.1) is 5.92 Å². The summed E-state index contributed by atoms with van der Waals surface area (Å²) in [6, 6.07) is -0.701. The van der Waals surface area contributed by atoms with Gasteiger partial charge < -0.3 is 5.73 Å². The molecule has 0 aliphatic rings. The van der Waals surface area contributed by atoms with E-state index in [2.05, 4.69) is 4.99 Å². The number of primary amides is 1. The number of hydrogen-bond acceptors (Lipinski definition) is 3. The number of rotatable bonds is 4. The Balaban J connectivity index is 4.11. The van der Waals surface area contributed by atoms with Crippen molar-refractivity contribution in [2.24, 2.45) is 16.6 Å². The molecule has 0 saturated carbocycles. The van der Waals surface area contributed by atoms with Gasteiger partial charge in [-0.05, 0) is 12.3 Å². The molecule has 0 bridgehead atoms. The van der Waals surface area contributed by atoms with Crippen LogP contribution in [0.4, 0.5) is 0 Å². The van der Waals surface area contributed by atoms with Gasteiger partial charge in [-0.15, -0.1) is 0 Å². The van der Waals surface area contributed by atoms with Crippen LogP contribution < -0.4 is 5.73 Å². The molecule has 4 nitrogen and oxygen atoms in total. The van der Waals surface area contributed by atoms with Gasteiger partial charge >= 0.3 is 0 Å². The van der Waals surface area contributed by atoms with Crippen LogP contribution in [0.1, 0.15) is 20.3 Å². The molecule has 0 unspecified atom stereocenters. The number of isocyanates is 1. The van der Waals surface area contributed by atoms with E-state index in [1.54, 1.807) is 0 Å². The zero-order valence-corrected chi connectivity index (χ0v) is 6.70. The van der Waals surface area contributed by atoms with E-state index in [1.807, 2.05) is 13.8 Å². The molecule has 0 radical (unpaired) electrons. The molecule has 0 aromatic carbocycles. The Hall–Kier alpha value is -1.15. The summed E-state index contributed by atoms with van der Waals surface area (Å²) in [5.41, 5.74) is 4.96. The molecule has 4 heteroatoms. The van der Waals surface area contributed by atoms with E-state index in [4.69, 9.17) is 5.73 Å². The number of amides is 1. The highest BCUT2D eigenvalue weighted by Gasteiger charge is 2.14. The zero-order chi connectivity index (χ0) is 8.85. The molecule has 0 saturated heterocycles. The molecule has 0 aromatic heterocycles. The van der Waals surface area contributed by atoms with Crippen LogP contribution in [0.5, 0.6) is 0 Å². The van der Waals surface area contributed by atoms with E-state index >= 15 is 0 Å². The number of hydrogen-bond donors (Lipinski definition) is 1. The smallest absolute Gasteiger partial charge is 0.243 e. The van der Waals surface area contributed by atoms with E-state index in [-0.39, 0.29) is 0 Å². The molecule has 0 aliphatic heterocycles. The van der Waals surface area contributed by atoms with Crippen molar-refractivity contribution in [1.29, 1.82) is 0 Å². The fourth-order valence-electron chi connectivity index (χ4n) is 0.743. The van der Waals surface area contributed by atoms with Crippen molar-refractivity contribution < 1.29 is 9.59 Å². The maximum atomic E-state index is 10.6. The number of carbonyl (C=O) groups is 1. The fourth-order valence-corrected chi connectivity index (χ4v) is 0.743. The van der Waals surface area contributed by atoms with Gasteiger partial charge in [0, 0.05) is 0 Å². The van der Waals surface area contributed by atoms with E-state index in [0.29, 0.717) is 12.3 Å². The summed E-state index contributed by atoms with van der Waals surface area (Å²) in [7, 11) is 0. The van der Waals surface area contributed by atoms with Gasteiger partial charge in [0.15, 0.2) is 0 Å². The largest absolute Gasteiger partial charge is 0.368 e. The van der Waals surface area contributed by atoms with E-state index < -0.39 is 11.9 Å². The van der Waals surface area contributed by atoms with E-state index in [9.17, 15) is 9.59 Å². The van der Waals surface area contributed by atoms with Gasteiger partial charge in [-0.1, -0.05) is 13.8 Å². The van der Waals surface area contributed by atoms with E-state index in [0.717, 1.165) is 0 Å². The second-order valence-electron chi connectivity index (χ2n) is 2.77. The van der Waals surface area contributed by atoms with Crippen molar-refractivity contribution in [1.82, 2.24) is 0 Å². The van der Waals surface area contributed by atoms with E-state index in [1.165, 1.54) is 6.08 Å². The van der Waals surface area contributed by atoms with Crippen LogP contribution in [0.25, 0.3) is 0 Å². The van der Waals surface area contributed by atoms with Gasteiger partial charge in [0.2, 0.25) is 12.0 Å². The molecule has 1 amide bonds. The summed E-state index contributed by atoms with van der Waals surface area (Å²) < 4.78 is 0. The molecule has 0 heterocycles. The first-order valence-electron chi connectivity index (χ1n) is 3.44. The molecule has 1 atom stereocenters. The second-order valence-corrected chi connectivity index (χ2v) is 2.77. The van der Waals surface area contributed by atoms with Gasteiger partial charge in [-0.25, -0.2) is 4.79 Å². The predicted molar refractivity (Wildman–Crippen MR) is 40.6 cm³/mol. The lowest BCUT2D eigenvalue weighted by atomic mass is 10.0. The Labute approximate surface area is 65.5 Å². The zero-order valence-electron chi connectivity index (χ0n) is 6.70. The molecule has 0 rings (SSSR count). The summed E-state index contributed by atoms with van der Waals surface area (Å²) in [6.07, 6.45) is 1.83. The van der Waals surface area contributed by atoms with Gasteiger partial charge in [-0.2, -0.15) is 4.99 Å². The highest BCUT2D eigenvalue weighted by Crippen LogP contribution is 2.06. The van der Waals surface area contributed by atoms with Gasteiger partial charge in [0.25, 0.3) is 0 Å². The minimum absolute atomic E-state index is 0.296. The Bertz CT molecular complexity index is 181. The van der Waals surface area contributed by atoms with Crippen LogP contribution in [-0.2, 0) is 9.59 Å². The third kappa shape index (κ3) is 4.28. The Morgan fingerprint density at radius 3 is 2.45 bits per heavy atom. The summed E-state index contributed by atoms with van der Waals surface area (Å²) in [4.78, 5) is 23.7. The highest BCUT2D eigenvalue weighted by atomic mass is 16.1. The normalized spacial score (nSPS) is 12.3. The SMILES string of the molecule is CC(C)C[C@H](N=C=O)C(N)=O. The van der Waals surface area contributed by atoms with Crippen molar-refractivity contribution >= 4 is 12.0 Å². The monoisotopic (exact) mass is 156 g/mol. The Morgan fingerprint density at radius 1 is 1.64 bits per heavy atom.